The van der Waals surface area contributed by atoms with Crippen LogP contribution in [0, 0.1) is 17.2 Å². The molecule has 2 unspecified atom stereocenters. The van der Waals surface area contributed by atoms with Crippen LogP contribution in [-0.2, 0) is 6.54 Å². The predicted molar refractivity (Wildman–Crippen MR) is 104 cm³/mol. The Balaban J connectivity index is 1.46. The quantitative estimate of drug-likeness (QED) is 0.784. The molecule has 0 bridgehead atoms. The minimum absolute atomic E-state index is 0.0179. The average molecular weight is 401 g/mol. The molecule has 1 amide bonds. The Kier molecular flexibility index (Phi) is 5.14. The Bertz CT molecular complexity index is 978. The molecule has 1 aromatic heterocycles. The Morgan fingerprint density at radius 1 is 1.31 bits per heavy atom. The summed E-state index contributed by atoms with van der Waals surface area (Å²) < 4.78 is 18.7. The van der Waals surface area contributed by atoms with Crippen LogP contribution < -0.4 is 10.3 Å². The summed E-state index contributed by atoms with van der Waals surface area (Å²) in [4.78, 5) is 30.8. The van der Waals surface area contributed by atoms with Crippen molar-refractivity contribution in [3.63, 3.8) is 0 Å². The molecule has 2 fully saturated rings. The first-order valence-electron chi connectivity index (χ1n) is 9.58. The van der Waals surface area contributed by atoms with E-state index in [1.165, 1.54) is 19.2 Å². The molecule has 154 valence electrons. The molecular formula is C21H24FN3O4. The summed E-state index contributed by atoms with van der Waals surface area (Å²) >= 11 is 0. The average Bonchev–Trinajstić information content (AvgIpc) is 3.23. The maximum Gasteiger partial charge on any atom is 0.270 e. The Morgan fingerprint density at radius 2 is 2.14 bits per heavy atom. The molecular weight excluding hydrogens is 377 g/mol. The number of halogens is 1. The van der Waals surface area contributed by atoms with Crippen molar-refractivity contribution < 1.29 is 19.0 Å². The van der Waals surface area contributed by atoms with Crippen LogP contribution in [0.3, 0.4) is 0 Å². The molecule has 7 nitrogen and oxygen atoms in total. The minimum atomic E-state index is -0.394. The van der Waals surface area contributed by atoms with Gasteiger partial charge in [0.05, 0.1) is 13.7 Å². The lowest BCUT2D eigenvalue weighted by Crippen LogP contribution is -2.39. The fourth-order valence-electron chi connectivity index (χ4n) is 4.59. The molecule has 2 aliphatic heterocycles. The first-order chi connectivity index (χ1) is 13.9. The molecule has 29 heavy (non-hydrogen) atoms. The maximum absolute atomic E-state index is 13.6. The zero-order valence-corrected chi connectivity index (χ0v) is 16.2. The number of pyridine rings is 1. The molecule has 0 radical (unpaired) electrons. The lowest BCUT2D eigenvalue weighted by Gasteiger charge is -2.27. The number of H-pyrrole nitrogens is 1. The van der Waals surface area contributed by atoms with Gasteiger partial charge in [-0.15, -0.1) is 0 Å². The zero-order valence-electron chi connectivity index (χ0n) is 16.2. The molecule has 0 aliphatic carbocycles. The van der Waals surface area contributed by atoms with Crippen molar-refractivity contribution in [2.24, 2.45) is 11.3 Å². The summed E-state index contributed by atoms with van der Waals surface area (Å²) in [7, 11) is 1.44. The molecule has 2 saturated heterocycles. The van der Waals surface area contributed by atoms with Crippen molar-refractivity contribution in [3.05, 3.63) is 63.8 Å². The van der Waals surface area contributed by atoms with Gasteiger partial charge < -0.3 is 19.7 Å². The van der Waals surface area contributed by atoms with Crippen LogP contribution in [0.2, 0.25) is 0 Å². The molecule has 2 N–H and O–H groups in total. The second kappa shape index (κ2) is 7.61. The number of nitrogens with one attached hydrogen (secondary N) is 1. The van der Waals surface area contributed by atoms with E-state index >= 15 is 0 Å². The van der Waals surface area contributed by atoms with Crippen LogP contribution in [0.25, 0.3) is 0 Å². The van der Waals surface area contributed by atoms with Crippen molar-refractivity contribution in [1.29, 1.82) is 0 Å². The van der Waals surface area contributed by atoms with Gasteiger partial charge in [-0.25, -0.2) is 4.39 Å². The van der Waals surface area contributed by atoms with Gasteiger partial charge in [0, 0.05) is 44.2 Å². The molecule has 0 saturated carbocycles. The van der Waals surface area contributed by atoms with Crippen LogP contribution in [0.1, 0.15) is 16.1 Å². The molecule has 2 aromatic rings. The number of aromatic nitrogens is 1. The van der Waals surface area contributed by atoms with Gasteiger partial charge in [0.15, 0.2) is 11.6 Å². The second-order valence-electron chi connectivity index (χ2n) is 7.97. The number of ether oxygens (including phenoxy) is 1. The van der Waals surface area contributed by atoms with E-state index in [0.29, 0.717) is 26.2 Å². The van der Waals surface area contributed by atoms with Crippen molar-refractivity contribution in [2.75, 3.05) is 39.9 Å². The second-order valence-corrected chi connectivity index (χ2v) is 7.97. The van der Waals surface area contributed by atoms with Crippen molar-refractivity contribution in [3.8, 4) is 5.75 Å². The van der Waals surface area contributed by atoms with E-state index in [1.54, 1.807) is 29.2 Å². The minimum Gasteiger partial charge on any atom is -0.494 e. The zero-order chi connectivity index (χ0) is 20.6. The molecule has 2 atom stereocenters. The van der Waals surface area contributed by atoms with Crippen LogP contribution >= 0.6 is 0 Å². The van der Waals surface area contributed by atoms with Gasteiger partial charge in [-0.1, -0.05) is 12.1 Å². The van der Waals surface area contributed by atoms with Gasteiger partial charge in [0.2, 0.25) is 5.56 Å². The highest BCUT2D eigenvalue weighted by Gasteiger charge is 2.53. The van der Waals surface area contributed by atoms with Gasteiger partial charge in [0.1, 0.15) is 5.69 Å². The topological polar surface area (TPSA) is 85.9 Å². The number of likely N-dealkylation sites (tertiary alicyclic amines) is 2. The number of carbonyl (C=O) groups excluding carboxylic acids is 1. The number of methoxy groups -OCH3 is 1. The number of fused-ring (bicyclic) bond motifs is 1. The van der Waals surface area contributed by atoms with E-state index in [2.05, 4.69) is 9.88 Å². The number of hydrogen-bond donors (Lipinski definition) is 2. The third-order valence-corrected chi connectivity index (χ3v) is 6.05. The monoisotopic (exact) mass is 401 g/mol. The van der Waals surface area contributed by atoms with Crippen LogP contribution in [0.4, 0.5) is 4.39 Å². The van der Waals surface area contributed by atoms with Gasteiger partial charge in [0.25, 0.3) is 5.91 Å². The smallest absolute Gasteiger partial charge is 0.270 e. The van der Waals surface area contributed by atoms with Gasteiger partial charge in [-0.3, -0.25) is 14.5 Å². The number of rotatable bonds is 5. The summed E-state index contributed by atoms with van der Waals surface area (Å²) in [5.74, 6) is -0.268. The summed E-state index contributed by atoms with van der Waals surface area (Å²) in [6.45, 7) is 2.94. The van der Waals surface area contributed by atoms with Crippen LogP contribution in [0.5, 0.6) is 5.75 Å². The Labute approximate surface area is 167 Å². The molecule has 2 aliphatic rings. The fraction of sp³-hybridized carbons (Fsp3) is 0.429. The SMILES string of the molecule is COc1cc(CN2CC3CN(C(=O)c4cccc(=O)[nH]4)CC3(CO)C2)ccc1F. The van der Waals surface area contributed by atoms with E-state index < -0.39 is 11.2 Å². The maximum atomic E-state index is 13.6. The first-order valence-corrected chi connectivity index (χ1v) is 9.58. The summed E-state index contributed by atoms with van der Waals surface area (Å²) in [5, 5.41) is 10.2. The highest BCUT2D eigenvalue weighted by Crippen LogP contribution is 2.43. The Hall–Kier alpha value is -2.71. The van der Waals surface area contributed by atoms with E-state index in [4.69, 9.17) is 4.74 Å². The summed E-state index contributed by atoms with van der Waals surface area (Å²) in [6.07, 6.45) is 0. The number of nitrogens with zero attached hydrogens (tertiary/aromatic N) is 2. The molecule has 8 heteroatoms. The number of amides is 1. The van der Waals surface area contributed by atoms with E-state index in [9.17, 15) is 19.1 Å². The lowest BCUT2D eigenvalue weighted by atomic mass is 9.82. The van der Waals surface area contributed by atoms with Gasteiger partial charge in [-0.2, -0.15) is 0 Å². The molecule has 3 heterocycles. The first kappa shape index (κ1) is 19.6. The largest absolute Gasteiger partial charge is 0.494 e. The highest BCUT2D eigenvalue weighted by molar-refractivity contribution is 5.92. The molecule has 0 spiro atoms. The van der Waals surface area contributed by atoms with Gasteiger partial charge in [-0.05, 0) is 29.7 Å². The van der Waals surface area contributed by atoms with Crippen molar-refractivity contribution >= 4 is 5.91 Å². The summed E-state index contributed by atoms with van der Waals surface area (Å²) in [6, 6.07) is 9.35. The van der Waals surface area contributed by atoms with Crippen molar-refractivity contribution in [2.45, 2.75) is 6.54 Å². The highest BCUT2D eigenvalue weighted by atomic mass is 19.1. The third-order valence-electron chi connectivity index (χ3n) is 6.05. The number of benzene rings is 1. The van der Waals surface area contributed by atoms with Crippen molar-refractivity contribution in [1.82, 2.24) is 14.8 Å². The number of aliphatic hydroxyl groups is 1. The standard InChI is InChI=1S/C21H24FN3O4/c1-29-18-7-14(5-6-16(18)22)8-24-9-15-10-25(12-21(15,11-24)13-26)20(28)17-3-2-4-19(27)23-17/h2-7,15,26H,8-13H2,1H3,(H,23,27). The third kappa shape index (κ3) is 3.65. The molecule has 1 aromatic carbocycles. The Morgan fingerprint density at radius 3 is 2.83 bits per heavy atom. The normalized spacial score (nSPS) is 24.0. The van der Waals surface area contributed by atoms with Crippen LogP contribution in [0.15, 0.2) is 41.2 Å². The summed E-state index contributed by atoms with van der Waals surface area (Å²) in [5.41, 5.74) is 0.495. The van der Waals surface area contributed by atoms with Gasteiger partial charge >= 0.3 is 0 Å². The number of aromatic amines is 1. The van der Waals surface area contributed by atoms with E-state index in [1.807, 2.05) is 0 Å². The molecule has 4 rings (SSSR count). The van der Waals surface area contributed by atoms with Crippen LogP contribution in [-0.4, -0.2) is 65.7 Å². The lowest BCUT2D eigenvalue weighted by molar-refractivity contribution is 0.0713. The number of hydrogen-bond acceptors (Lipinski definition) is 5. The number of aliphatic hydroxyl groups excluding tert-OH is 1. The van der Waals surface area contributed by atoms with E-state index in [0.717, 1.165) is 12.1 Å². The number of carbonyl (C=O) groups is 1. The predicted octanol–water partition coefficient (Wildman–Crippen LogP) is 1.09. The fourth-order valence-corrected chi connectivity index (χ4v) is 4.59. The van der Waals surface area contributed by atoms with E-state index in [-0.39, 0.29) is 35.4 Å².